The Labute approximate surface area is 149 Å². The van der Waals surface area contributed by atoms with E-state index in [0.717, 1.165) is 43.9 Å². The third-order valence-electron chi connectivity index (χ3n) is 5.19. The number of nitrogens with zero attached hydrogens (tertiary/aromatic N) is 4. The number of primary amides is 1. The minimum Gasteiger partial charge on any atom is -0.370 e. The maximum Gasteiger partial charge on any atom is 0.217 e. The first-order valence-corrected chi connectivity index (χ1v) is 8.97. The van der Waals surface area contributed by atoms with Crippen LogP contribution in [0.5, 0.6) is 0 Å². The van der Waals surface area contributed by atoms with Crippen LogP contribution >= 0.6 is 0 Å². The SMILES string of the molecule is Cc1c(CN2CCC(c3cccc(CCC(N)=O)n3)CC2)cnn1C. The van der Waals surface area contributed by atoms with Crippen molar-refractivity contribution in [3.8, 4) is 0 Å². The third kappa shape index (κ3) is 4.45. The van der Waals surface area contributed by atoms with Crippen LogP contribution in [0, 0.1) is 6.92 Å². The van der Waals surface area contributed by atoms with Crippen LogP contribution in [0.3, 0.4) is 0 Å². The molecule has 0 radical (unpaired) electrons. The number of likely N-dealkylation sites (tertiary alicyclic amines) is 1. The number of nitrogens with two attached hydrogens (primary N) is 1. The molecule has 3 rings (SSSR count). The number of hydrogen-bond donors (Lipinski definition) is 1. The van der Waals surface area contributed by atoms with Crippen molar-refractivity contribution in [3.63, 3.8) is 0 Å². The second-order valence-corrected chi connectivity index (χ2v) is 6.95. The lowest BCUT2D eigenvalue weighted by Gasteiger charge is -2.31. The molecule has 25 heavy (non-hydrogen) atoms. The lowest BCUT2D eigenvalue weighted by molar-refractivity contribution is -0.118. The van der Waals surface area contributed by atoms with Crippen molar-refractivity contribution in [3.05, 3.63) is 47.0 Å². The van der Waals surface area contributed by atoms with Gasteiger partial charge in [-0.1, -0.05) is 6.07 Å². The number of aryl methyl sites for hydroxylation is 2. The number of aromatic nitrogens is 3. The normalized spacial score (nSPS) is 16.2. The molecule has 0 spiro atoms. The zero-order valence-electron chi connectivity index (χ0n) is 15.1. The summed E-state index contributed by atoms with van der Waals surface area (Å²) >= 11 is 0. The van der Waals surface area contributed by atoms with Gasteiger partial charge in [0.2, 0.25) is 5.91 Å². The van der Waals surface area contributed by atoms with E-state index in [4.69, 9.17) is 10.7 Å². The zero-order valence-corrected chi connectivity index (χ0v) is 15.1. The summed E-state index contributed by atoms with van der Waals surface area (Å²) in [6, 6.07) is 6.14. The number of carbonyl (C=O) groups is 1. The predicted molar refractivity (Wildman–Crippen MR) is 96.9 cm³/mol. The molecule has 6 nitrogen and oxygen atoms in total. The fourth-order valence-electron chi connectivity index (χ4n) is 3.44. The van der Waals surface area contributed by atoms with Crippen LogP contribution < -0.4 is 5.73 Å². The molecule has 1 amide bonds. The monoisotopic (exact) mass is 341 g/mol. The van der Waals surface area contributed by atoms with Gasteiger partial charge in [-0.2, -0.15) is 5.10 Å². The van der Waals surface area contributed by atoms with E-state index in [1.807, 2.05) is 30.1 Å². The number of pyridine rings is 1. The molecule has 6 heteroatoms. The van der Waals surface area contributed by atoms with Gasteiger partial charge in [0.05, 0.1) is 6.20 Å². The summed E-state index contributed by atoms with van der Waals surface area (Å²) in [5, 5.41) is 4.33. The lowest BCUT2D eigenvalue weighted by Crippen LogP contribution is -2.32. The second kappa shape index (κ2) is 7.78. The van der Waals surface area contributed by atoms with Crippen LogP contribution in [0.4, 0.5) is 0 Å². The maximum atomic E-state index is 11.0. The van der Waals surface area contributed by atoms with Gasteiger partial charge in [0.15, 0.2) is 0 Å². The van der Waals surface area contributed by atoms with Gasteiger partial charge >= 0.3 is 0 Å². The van der Waals surface area contributed by atoms with Crippen LogP contribution in [0.15, 0.2) is 24.4 Å². The Morgan fingerprint density at radius 2 is 2.08 bits per heavy atom. The van der Waals surface area contributed by atoms with Gasteiger partial charge < -0.3 is 5.73 Å². The van der Waals surface area contributed by atoms with E-state index >= 15 is 0 Å². The Balaban J connectivity index is 1.56. The smallest absolute Gasteiger partial charge is 0.217 e. The molecule has 2 N–H and O–H groups in total. The Kier molecular flexibility index (Phi) is 5.48. The van der Waals surface area contributed by atoms with Crippen molar-refractivity contribution in [1.82, 2.24) is 19.7 Å². The summed E-state index contributed by atoms with van der Waals surface area (Å²) < 4.78 is 1.93. The number of carbonyl (C=O) groups excluding carboxylic acids is 1. The first-order chi connectivity index (χ1) is 12.0. The molecule has 134 valence electrons. The quantitative estimate of drug-likeness (QED) is 0.871. The summed E-state index contributed by atoms with van der Waals surface area (Å²) in [6.07, 6.45) is 5.20. The van der Waals surface area contributed by atoms with E-state index in [-0.39, 0.29) is 5.91 Å². The second-order valence-electron chi connectivity index (χ2n) is 6.95. The highest BCUT2D eigenvalue weighted by atomic mass is 16.1. The molecule has 2 aromatic rings. The first-order valence-electron chi connectivity index (χ1n) is 8.97. The van der Waals surface area contributed by atoms with Crippen molar-refractivity contribution < 1.29 is 4.79 Å². The lowest BCUT2D eigenvalue weighted by atomic mass is 9.92. The van der Waals surface area contributed by atoms with Crippen molar-refractivity contribution in [2.75, 3.05) is 13.1 Å². The molecule has 2 aromatic heterocycles. The number of piperidine rings is 1. The standard InChI is InChI=1S/C19H27N5O/c1-14-16(12-21-23(14)2)13-24-10-8-15(9-11-24)18-5-3-4-17(22-18)6-7-19(20)25/h3-5,12,15H,6-11,13H2,1-2H3,(H2,20,25). The van der Waals surface area contributed by atoms with Crippen LogP contribution in [-0.2, 0) is 24.8 Å². The Bertz CT molecular complexity index is 731. The van der Waals surface area contributed by atoms with Crippen molar-refractivity contribution in [1.29, 1.82) is 0 Å². The molecule has 0 aliphatic carbocycles. The summed E-state index contributed by atoms with van der Waals surface area (Å²) in [6.45, 7) is 5.24. The highest BCUT2D eigenvalue weighted by molar-refractivity contribution is 5.73. The molecule has 0 saturated carbocycles. The van der Waals surface area contributed by atoms with Crippen LogP contribution in [0.2, 0.25) is 0 Å². The average molecular weight is 341 g/mol. The molecule has 0 aromatic carbocycles. The van der Waals surface area contributed by atoms with E-state index in [1.54, 1.807) is 0 Å². The number of hydrogen-bond acceptors (Lipinski definition) is 4. The van der Waals surface area contributed by atoms with Gasteiger partial charge in [0, 0.05) is 48.6 Å². The molecule has 1 aliphatic heterocycles. The summed E-state index contributed by atoms with van der Waals surface area (Å²) in [7, 11) is 1.99. The molecule has 1 fully saturated rings. The van der Waals surface area contributed by atoms with E-state index in [2.05, 4.69) is 23.0 Å². The molecule has 3 heterocycles. The number of rotatable bonds is 6. The molecule has 0 atom stereocenters. The Morgan fingerprint density at radius 3 is 2.72 bits per heavy atom. The van der Waals surface area contributed by atoms with Gasteiger partial charge in [0.1, 0.15) is 0 Å². The highest BCUT2D eigenvalue weighted by Crippen LogP contribution is 2.28. The molecular weight excluding hydrogens is 314 g/mol. The first kappa shape index (κ1) is 17.6. The van der Waals surface area contributed by atoms with Crippen molar-refractivity contribution in [2.24, 2.45) is 12.8 Å². The van der Waals surface area contributed by atoms with E-state index < -0.39 is 0 Å². The fourth-order valence-corrected chi connectivity index (χ4v) is 3.44. The maximum absolute atomic E-state index is 11.0. The molecule has 1 saturated heterocycles. The van der Waals surface area contributed by atoms with Crippen LogP contribution in [-0.4, -0.2) is 38.7 Å². The Hall–Kier alpha value is -2.21. The number of amides is 1. The van der Waals surface area contributed by atoms with Gasteiger partial charge in [-0.05, 0) is 51.4 Å². The summed E-state index contributed by atoms with van der Waals surface area (Å²) in [5.74, 6) is 0.228. The van der Waals surface area contributed by atoms with Crippen molar-refractivity contribution in [2.45, 2.75) is 45.1 Å². The van der Waals surface area contributed by atoms with E-state index in [9.17, 15) is 4.79 Å². The minimum atomic E-state index is -0.272. The van der Waals surface area contributed by atoms with Crippen LogP contribution in [0.25, 0.3) is 0 Å². The molecular formula is C19H27N5O. The van der Waals surface area contributed by atoms with Gasteiger partial charge in [-0.15, -0.1) is 0 Å². The summed E-state index contributed by atoms with van der Waals surface area (Å²) in [4.78, 5) is 18.2. The Morgan fingerprint density at radius 1 is 1.32 bits per heavy atom. The van der Waals surface area contributed by atoms with Crippen molar-refractivity contribution >= 4 is 5.91 Å². The molecule has 1 aliphatic rings. The fraction of sp³-hybridized carbons (Fsp3) is 0.526. The van der Waals surface area contributed by atoms with Gasteiger partial charge in [-0.25, -0.2) is 0 Å². The molecule has 0 unspecified atom stereocenters. The van der Waals surface area contributed by atoms with Gasteiger partial charge in [-0.3, -0.25) is 19.4 Å². The van der Waals surface area contributed by atoms with E-state index in [1.165, 1.54) is 11.3 Å². The van der Waals surface area contributed by atoms with Crippen LogP contribution in [0.1, 0.15) is 47.8 Å². The molecule has 0 bridgehead atoms. The highest BCUT2D eigenvalue weighted by Gasteiger charge is 2.22. The largest absolute Gasteiger partial charge is 0.370 e. The topological polar surface area (TPSA) is 77.0 Å². The minimum absolute atomic E-state index is 0.272. The van der Waals surface area contributed by atoms with E-state index in [0.29, 0.717) is 18.8 Å². The predicted octanol–water partition coefficient (Wildman–Crippen LogP) is 1.92. The zero-order chi connectivity index (χ0) is 17.8. The average Bonchev–Trinajstić information content (AvgIpc) is 2.93. The summed E-state index contributed by atoms with van der Waals surface area (Å²) in [5.41, 5.74) is 9.90. The third-order valence-corrected chi connectivity index (χ3v) is 5.19. The van der Waals surface area contributed by atoms with Gasteiger partial charge in [0.25, 0.3) is 0 Å².